The molecule has 6 nitrogen and oxygen atoms in total. The minimum Gasteiger partial charge on any atom is -0.488 e. The standard InChI is InChI=1S/C16H18N4O2S/c1-19-6-4-14(18-19)15(21)20-10-16(11-20)7-13(9-23-16)22-12-3-2-5-17-8-12/h2-6,8,13H,7,9-11H2,1H3. The lowest BCUT2D eigenvalue weighted by Gasteiger charge is -2.47. The van der Waals surface area contributed by atoms with Crippen molar-refractivity contribution in [1.29, 1.82) is 0 Å². The summed E-state index contributed by atoms with van der Waals surface area (Å²) in [6, 6.07) is 5.58. The molecule has 0 aliphatic carbocycles. The number of aromatic nitrogens is 3. The van der Waals surface area contributed by atoms with Crippen LogP contribution in [0.1, 0.15) is 16.9 Å². The summed E-state index contributed by atoms with van der Waals surface area (Å²) in [5.74, 6) is 1.80. The van der Waals surface area contributed by atoms with Crippen molar-refractivity contribution in [2.75, 3.05) is 18.8 Å². The molecule has 1 atom stereocenters. The molecule has 4 rings (SSSR count). The number of amides is 1. The van der Waals surface area contributed by atoms with Crippen LogP contribution in [-0.4, -0.2) is 55.3 Å². The van der Waals surface area contributed by atoms with Crippen molar-refractivity contribution in [3.05, 3.63) is 42.5 Å². The monoisotopic (exact) mass is 330 g/mol. The molecule has 1 spiro atoms. The zero-order valence-corrected chi connectivity index (χ0v) is 13.7. The van der Waals surface area contributed by atoms with Crippen LogP contribution >= 0.6 is 11.8 Å². The lowest BCUT2D eigenvalue weighted by Crippen LogP contribution is -2.60. The van der Waals surface area contributed by atoms with E-state index < -0.39 is 0 Å². The minimum absolute atomic E-state index is 0.0217. The van der Waals surface area contributed by atoms with Crippen LogP contribution in [0.3, 0.4) is 0 Å². The number of aryl methyl sites for hydroxylation is 1. The van der Waals surface area contributed by atoms with Gasteiger partial charge in [0, 0.05) is 44.7 Å². The van der Waals surface area contributed by atoms with Gasteiger partial charge in [-0.05, 0) is 18.2 Å². The van der Waals surface area contributed by atoms with E-state index in [-0.39, 0.29) is 16.8 Å². The first kappa shape index (κ1) is 14.6. The second-order valence-corrected chi connectivity index (χ2v) is 7.65. The normalized spacial score (nSPS) is 22.1. The highest BCUT2D eigenvalue weighted by atomic mass is 32.2. The highest BCUT2D eigenvalue weighted by Crippen LogP contribution is 2.46. The van der Waals surface area contributed by atoms with Gasteiger partial charge in [-0.15, -0.1) is 11.8 Å². The van der Waals surface area contributed by atoms with Gasteiger partial charge in [-0.2, -0.15) is 5.10 Å². The molecule has 0 bridgehead atoms. The van der Waals surface area contributed by atoms with Crippen LogP contribution in [0.15, 0.2) is 36.8 Å². The highest BCUT2D eigenvalue weighted by molar-refractivity contribution is 8.01. The molecule has 0 saturated carbocycles. The number of hydrogen-bond acceptors (Lipinski definition) is 5. The summed E-state index contributed by atoms with van der Waals surface area (Å²) in [7, 11) is 1.82. The number of carbonyl (C=O) groups is 1. The zero-order chi connectivity index (χ0) is 15.9. The van der Waals surface area contributed by atoms with E-state index in [0.717, 1.165) is 31.0 Å². The van der Waals surface area contributed by atoms with Crippen LogP contribution in [0.5, 0.6) is 5.75 Å². The summed E-state index contributed by atoms with van der Waals surface area (Å²) >= 11 is 1.92. The number of pyridine rings is 1. The predicted octanol–water partition coefficient (Wildman–Crippen LogP) is 1.59. The van der Waals surface area contributed by atoms with Gasteiger partial charge in [-0.25, -0.2) is 0 Å². The predicted molar refractivity (Wildman–Crippen MR) is 87.6 cm³/mol. The van der Waals surface area contributed by atoms with Crippen molar-refractivity contribution in [2.45, 2.75) is 17.3 Å². The van der Waals surface area contributed by atoms with Gasteiger partial charge in [0.2, 0.25) is 0 Å². The number of ether oxygens (including phenoxy) is 1. The minimum atomic E-state index is 0.0217. The maximum absolute atomic E-state index is 12.4. The summed E-state index contributed by atoms with van der Waals surface area (Å²) in [5.41, 5.74) is 0.522. The van der Waals surface area contributed by atoms with Crippen molar-refractivity contribution in [2.24, 2.45) is 7.05 Å². The maximum atomic E-state index is 12.4. The molecule has 120 valence electrons. The Balaban J connectivity index is 1.33. The lowest BCUT2D eigenvalue weighted by molar-refractivity contribution is 0.0511. The molecule has 2 aromatic rings. The number of carbonyl (C=O) groups excluding carboxylic acids is 1. The van der Waals surface area contributed by atoms with Gasteiger partial charge in [-0.3, -0.25) is 14.5 Å². The molecule has 1 amide bonds. The summed E-state index contributed by atoms with van der Waals surface area (Å²) in [4.78, 5) is 18.3. The molecule has 7 heteroatoms. The summed E-state index contributed by atoms with van der Waals surface area (Å²) in [5, 5.41) is 4.19. The third kappa shape index (κ3) is 2.81. The number of thioether (sulfide) groups is 1. The number of nitrogens with zero attached hydrogens (tertiary/aromatic N) is 4. The number of likely N-dealkylation sites (tertiary alicyclic amines) is 1. The van der Waals surface area contributed by atoms with Crippen LogP contribution in [0.4, 0.5) is 0 Å². The first-order valence-corrected chi connectivity index (χ1v) is 8.62. The molecule has 2 aliphatic rings. The molecular weight excluding hydrogens is 312 g/mol. The summed E-state index contributed by atoms with van der Waals surface area (Å²) < 4.78 is 7.80. The van der Waals surface area contributed by atoms with E-state index in [4.69, 9.17) is 4.74 Å². The Labute approximate surface area is 138 Å². The summed E-state index contributed by atoms with van der Waals surface area (Å²) in [6.07, 6.45) is 6.44. The third-order valence-corrected chi connectivity index (χ3v) is 5.87. The smallest absolute Gasteiger partial charge is 0.274 e. The van der Waals surface area contributed by atoms with Crippen LogP contribution < -0.4 is 4.74 Å². The molecule has 0 N–H and O–H groups in total. The van der Waals surface area contributed by atoms with E-state index in [1.807, 2.05) is 35.8 Å². The first-order chi connectivity index (χ1) is 11.1. The van der Waals surface area contributed by atoms with Crippen molar-refractivity contribution in [3.63, 3.8) is 0 Å². The third-order valence-electron chi connectivity index (χ3n) is 4.29. The Kier molecular flexibility index (Phi) is 3.52. The van der Waals surface area contributed by atoms with Gasteiger partial charge < -0.3 is 9.64 Å². The Bertz CT molecular complexity index is 712. The van der Waals surface area contributed by atoms with E-state index >= 15 is 0 Å². The number of hydrogen-bond donors (Lipinski definition) is 0. The Morgan fingerprint density at radius 1 is 1.43 bits per heavy atom. The van der Waals surface area contributed by atoms with Crippen LogP contribution in [0, 0.1) is 0 Å². The first-order valence-electron chi connectivity index (χ1n) is 7.63. The van der Waals surface area contributed by atoms with E-state index in [9.17, 15) is 4.79 Å². The van der Waals surface area contributed by atoms with Crippen molar-refractivity contribution in [1.82, 2.24) is 19.7 Å². The van der Waals surface area contributed by atoms with Gasteiger partial charge in [0.25, 0.3) is 5.91 Å². The quantitative estimate of drug-likeness (QED) is 0.855. The Morgan fingerprint density at radius 2 is 2.30 bits per heavy atom. The maximum Gasteiger partial charge on any atom is 0.274 e. The molecule has 2 aromatic heterocycles. The number of rotatable bonds is 3. The molecule has 2 aliphatic heterocycles. The van der Waals surface area contributed by atoms with Gasteiger partial charge in [-0.1, -0.05) is 0 Å². The molecule has 4 heterocycles. The van der Waals surface area contributed by atoms with Crippen molar-refractivity contribution in [3.8, 4) is 5.75 Å². The largest absolute Gasteiger partial charge is 0.488 e. The second kappa shape index (κ2) is 5.56. The fraction of sp³-hybridized carbons (Fsp3) is 0.438. The molecule has 2 saturated heterocycles. The van der Waals surface area contributed by atoms with E-state index in [1.165, 1.54) is 0 Å². The average Bonchev–Trinajstić information content (AvgIpc) is 3.13. The van der Waals surface area contributed by atoms with E-state index in [2.05, 4.69) is 10.1 Å². The van der Waals surface area contributed by atoms with Gasteiger partial charge >= 0.3 is 0 Å². The molecule has 1 unspecified atom stereocenters. The zero-order valence-electron chi connectivity index (χ0n) is 12.9. The SMILES string of the molecule is Cn1ccc(C(=O)N2CC3(CC(Oc4cccnc4)CS3)C2)n1. The average molecular weight is 330 g/mol. The molecular formula is C16H18N4O2S. The second-order valence-electron chi connectivity index (χ2n) is 6.16. The molecule has 23 heavy (non-hydrogen) atoms. The lowest BCUT2D eigenvalue weighted by atomic mass is 9.92. The molecule has 0 aromatic carbocycles. The van der Waals surface area contributed by atoms with E-state index in [0.29, 0.717) is 5.69 Å². The topological polar surface area (TPSA) is 60.2 Å². The Hall–Kier alpha value is -2.02. The van der Waals surface area contributed by atoms with Gasteiger partial charge in [0.1, 0.15) is 17.5 Å². The van der Waals surface area contributed by atoms with Crippen LogP contribution in [0.2, 0.25) is 0 Å². The molecule has 0 radical (unpaired) electrons. The van der Waals surface area contributed by atoms with Crippen molar-refractivity contribution < 1.29 is 9.53 Å². The summed E-state index contributed by atoms with van der Waals surface area (Å²) in [6.45, 7) is 1.56. The van der Waals surface area contributed by atoms with Gasteiger partial charge in [0.05, 0.1) is 10.9 Å². The highest BCUT2D eigenvalue weighted by Gasteiger charge is 2.51. The van der Waals surface area contributed by atoms with Gasteiger partial charge in [0.15, 0.2) is 0 Å². The van der Waals surface area contributed by atoms with Crippen LogP contribution in [-0.2, 0) is 7.05 Å². The van der Waals surface area contributed by atoms with Crippen molar-refractivity contribution >= 4 is 17.7 Å². The fourth-order valence-electron chi connectivity index (χ4n) is 3.19. The van der Waals surface area contributed by atoms with Crippen LogP contribution in [0.25, 0.3) is 0 Å². The molecule has 2 fully saturated rings. The Morgan fingerprint density at radius 3 is 3.00 bits per heavy atom. The fourth-order valence-corrected chi connectivity index (χ4v) is 4.72. The van der Waals surface area contributed by atoms with E-state index in [1.54, 1.807) is 29.3 Å².